The first-order valence-electron chi connectivity index (χ1n) is 14.8. The molecule has 0 spiro atoms. The van der Waals surface area contributed by atoms with Crippen LogP contribution in [0.4, 0.5) is 0 Å². The van der Waals surface area contributed by atoms with Gasteiger partial charge in [-0.3, -0.25) is 0 Å². The fourth-order valence-corrected chi connectivity index (χ4v) is 8.25. The van der Waals surface area contributed by atoms with Crippen molar-refractivity contribution in [1.29, 1.82) is 0 Å². The molecule has 0 heteroatoms. The molecule has 0 N–H and O–H groups in total. The van der Waals surface area contributed by atoms with Crippen molar-refractivity contribution >= 4 is 108 Å². The van der Waals surface area contributed by atoms with Crippen LogP contribution in [0.1, 0.15) is 0 Å². The van der Waals surface area contributed by atoms with Gasteiger partial charge in [-0.15, -0.1) is 0 Å². The monoisotopic (exact) mass is 526 g/mol. The fourth-order valence-electron chi connectivity index (χ4n) is 8.25. The Kier molecular flexibility index (Phi) is 3.67. The van der Waals surface area contributed by atoms with Gasteiger partial charge in [0.2, 0.25) is 0 Å². The van der Waals surface area contributed by atoms with Gasteiger partial charge in [0.25, 0.3) is 0 Å². The van der Waals surface area contributed by atoms with E-state index in [1.807, 2.05) is 0 Å². The van der Waals surface area contributed by atoms with E-state index in [0.717, 1.165) is 0 Å². The molecule has 11 aromatic carbocycles. The summed E-state index contributed by atoms with van der Waals surface area (Å²) in [6.07, 6.45) is 0. The van der Waals surface area contributed by atoms with Crippen molar-refractivity contribution < 1.29 is 0 Å². The van der Waals surface area contributed by atoms with E-state index in [-0.39, 0.29) is 0 Å². The standard InChI is InChI=1S/C42H22/c1-2-7-25-20-35-29(18-24(25)6-1)19-28-13-15-31-32-14-12-23-10-5-11-30-36-21-26-8-3-4-9-27(26)22-37(36)41(42(32)38(23)30)34-17-16-33(35)39(28)40(31)34/h1-22H. The van der Waals surface area contributed by atoms with Crippen molar-refractivity contribution in [2.75, 3.05) is 0 Å². The van der Waals surface area contributed by atoms with E-state index in [9.17, 15) is 0 Å². The Labute approximate surface area is 240 Å². The molecular weight excluding hydrogens is 504 g/mol. The van der Waals surface area contributed by atoms with E-state index in [1.54, 1.807) is 0 Å². The number of benzene rings is 11. The van der Waals surface area contributed by atoms with Gasteiger partial charge in [0.1, 0.15) is 0 Å². The van der Waals surface area contributed by atoms with E-state index in [0.29, 0.717) is 0 Å². The quantitative estimate of drug-likeness (QED) is 0.136. The first-order valence-corrected chi connectivity index (χ1v) is 14.8. The summed E-state index contributed by atoms with van der Waals surface area (Å²) in [5.74, 6) is 0. The van der Waals surface area contributed by atoms with Gasteiger partial charge in [-0.25, -0.2) is 0 Å². The lowest BCUT2D eigenvalue weighted by molar-refractivity contribution is 1.79. The second-order valence-electron chi connectivity index (χ2n) is 12.1. The lowest BCUT2D eigenvalue weighted by atomic mass is 9.82. The summed E-state index contributed by atoms with van der Waals surface area (Å²) in [5.41, 5.74) is 0. The summed E-state index contributed by atoms with van der Waals surface area (Å²) >= 11 is 0. The first-order chi connectivity index (χ1) is 20.8. The Morgan fingerprint density at radius 1 is 0.190 bits per heavy atom. The van der Waals surface area contributed by atoms with Gasteiger partial charge in [-0.2, -0.15) is 0 Å². The molecule has 0 saturated heterocycles. The summed E-state index contributed by atoms with van der Waals surface area (Å²) in [6.45, 7) is 0. The van der Waals surface area contributed by atoms with Crippen LogP contribution in [0.25, 0.3) is 108 Å². The van der Waals surface area contributed by atoms with Crippen LogP contribution in [0.3, 0.4) is 0 Å². The Hall–Kier alpha value is -5.46. The van der Waals surface area contributed by atoms with Gasteiger partial charge < -0.3 is 0 Å². The SMILES string of the molecule is c1ccc2cc3c(cc2c1)cc1ccc2c4ccc5cccc6c7cc8ccccc8cc7c(c7ccc3c1c27)c4c56. The minimum absolute atomic E-state index is 1.29. The van der Waals surface area contributed by atoms with Crippen molar-refractivity contribution in [1.82, 2.24) is 0 Å². The first kappa shape index (κ1) is 21.3. The normalized spacial score (nSPS) is 12.8. The number of hydrogen-bond acceptors (Lipinski definition) is 0. The highest BCUT2D eigenvalue weighted by Crippen LogP contribution is 2.50. The van der Waals surface area contributed by atoms with Crippen LogP contribution in [0.5, 0.6) is 0 Å². The molecule has 42 heavy (non-hydrogen) atoms. The predicted octanol–water partition coefficient (Wildman–Crippen LogP) is 12.1. The summed E-state index contributed by atoms with van der Waals surface area (Å²) in [4.78, 5) is 0. The van der Waals surface area contributed by atoms with Crippen LogP contribution >= 0.6 is 0 Å². The molecule has 0 aliphatic rings. The maximum Gasteiger partial charge on any atom is -0.000784 e. The zero-order chi connectivity index (χ0) is 27.1. The zero-order valence-corrected chi connectivity index (χ0v) is 22.7. The minimum atomic E-state index is 1.29. The molecule has 0 amide bonds. The van der Waals surface area contributed by atoms with Gasteiger partial charge in [-0.05, 0) is 138 Å². The van der Waals surface area contributed by atoms with Crippen LogP contribution < -0.4 is 0 Å². The van der Waals surface area contributed by atoms with Crippen molar-refractivity contribution in [3.05, 3.63) is 133 Å². The molecule has 0 fully saturated rings. The van der Waals surface area contributed by atoms with E-state index in [1.165, 1.54) is 108 Å². The second kappa shape index (κ2) is 7.24. The van der Waals surface area contributed by atoms with Gasteiger partial charge in [-0.1, -0.05) is 103 Å². The zero-order valence-electron chi connectivity index (χ0n) is 22.7. The maximum absolute atomic E-state index is 2.44. The molecule has 0 saturated carbocycles. The topological polar surface area (TPSA) is 0 Å². The van der Waals surface area contributed by atoms with Crippen molar-refractivity contribution in [2.24, 2.45) is 0 Å². The Morgan fingerprint density at radius 2 is 0.667 bits per heavy atom. The van der Waals surface area contributed by atoms with Crippen molar-refractivity contribution in [3.63, 3.8) is 0 Å². The molecule has 0 nitrogen and oxygen atoms in total. The van der Waals surface area contributed by atoms with Gasteiger partial charge >= 0.3 is 0 Å². The van der Waals surface area contributed by atoms with Crippen LogP contribution in [0, 0.1) is 0 Å². The molecule has 0 radical (unpaired) electrons. The van der Waals surface area contributed by atoms with Crippen molar-refractivity contribution in [3.8, 4) is 0 Å². The highest BCUT2D eigenvalue weighted by atomic mass is 14.2. The fraction of sp³-hybridized carbons (Fsp3) is 0. The Bertz CT molecular complexity index is 2940. The largest absolute Gasteiger partial charge is 0.0616 e. The number of rotatable bonds is 0. The molecule has 11 aromatic rings. The number of fused-ring (bicyclic) bond motifs is 9. The molecule has 0 unspecified atom stereocenters. The minimum Gasteiger partial charge on any atom is -0.0616 e. The van der Waals surface area contributed by atoms with E-state index in [2.05, 4.69) is 133 Å². The average Bonchev–Trinajstić information content (AvgIpc) is 3.04. The summed E-state index contributed by atoms with van der Waals surface area (Å²) in [7, 11) is 0. The molecule has 0 atom stereocenters. The molecule has 0 bridgehead atoms. The van der Waals surface area contributed by atoms with Crippen LogP contribution in [-0.2, 0) is 0 Å². The van der Waals surface area contributed by atoms with Gasteiger partial charge in [0, 0.05) is 0 Å². The molecule has 0 aliphatic heterocycles. The summed E-state index contributed by atoms with van der Waals surface area (Å²) in [5, 5.41) is 26.8. The van der Waals surface area contributed by atoms with Crippen LogP contribution in [-0.4, -0.2) is 0 Å². The third kappa shape index (κ3) is 2.47. The third-order valence-corrected chi connectivity index (χ3v) is 10.0. The molecule has 190 valence electrons. The summed E-state index contributed by atoms with van der Waals surface area (Å²) in [6, 6.07) is 50.5. The Morgan fingerprint density at radius 3 is 1.45 bits per heavy atom. The summed E-state index contributed by atoms with van der Waals surface area (Å²) < 4.78 is 0. The van der Waals surface area contributed by atoms with E-state index < -0.39 is 0 Å². The smallest absolute Gasteiger partial charge is 0.000784 e. The van der Waals surface area contributed by atoms with Crippen molar-refractivity contribution in [2.45, 2.75) is 0 Å². The highest BCUT2D eigenvalue weighted by Gasteiger charge is 2.21. The van der Waals surface area contributed by atoms with E-state index in [4.69, 9.17) is 0 Å². The molecule has 0 heterocycles. The molecule has 11 rings (SSSR count). The lowest BCUT2D eigenvalue weighted by Gasteiger charge is -2.21. The predicted molar refractivity (Wildman–Crippen MR) is 184 cm³/mol. The molecule has 0 aliphatic carbocycles. The van der Waals surface area contributed by atoms with Gasteiger partial charge in [0.15, 0.2) is 0 Å². The molecular formula is C42H22. The van der Waals surface area contributed by atoms with Gasteiger partial charge in [0.05, 0.1) is 0 Å². The Balaban J connectivity index is 1.46. The lowest BCUT2D eigenvalue weighted by Crippen LogP contribution is -1.92. The number of hydrogen-bond donors (Lipinski definition) is 0. The highest BCUT2D eigenvalue weighted by molar-refractivity contribution is 6.46. The second-order valence-corrected chi connectivity index (χ2v) is 12.1. The van der Waals surface area contributed by atoms with Crippen LogP contribution in [0.2, 0.25) is 0 Å². The average molecular weight is 527 g/mol. The maximum atomic E-state index is 2.44. The van der Waals surface area contributed by atoms with E-state index >= 15 is 0 Å². The molecule has 0 aromatic heterocycles. The third-order valence-electron chi connectivity index (χ3n) is 10.0. The van der Waals surface area contributed by atoms with Crippen LogP contribution in [0.15, 0.2) is 133 Å².